The highest BCUT2D eigenvalue weighted by atomic mass is 127. The van der Waals surface area contributed by atoms with Crippen LogP contribution in [0, 0.1) is 3.57 Å². The molecule has 0 atom stereocenters. The van der Waals surface area contributed by atoms with Gasteiger partial charge in [-0.15, -0.1) is 0 Å². The molecule has 2 aromatic rings. The van der Waals surface area contributed by atoms with E-state index in [1.54, 1.807) is 12.1 Å². The van der Waals surface area contributed by atoms with Gasteiger partial charge in [0.25, 0.3) is 0 Å². The number of halogens is 3. The Hall–Kier alpha value is -0.850. The Morgan fingerprint density at radius 1 is 1.20 bits per heavy atom. The Bertz CT molecular complexity index is 635. The number of benzene rings is 2. The zero-order chi connectivity index (χ0) is 14.7. The third-order valence-electron chi connectivity index (χ3n) is 2.74. The first kappa shape index (κ1) is 15.5. The van der Waals surface area contributed by atoms with Gasteiger partial charge in [-0.05, 0) is 46.9 Å². The fourth-order valence-corrected chi connectivity index (χ4v) is 3.03. The predicted octanol–water partition coefficient (Wildman–Crippen LogP) is 4.92. The van der Waals surface area contributed by atoms with Crippen LogP contribution < -0.4 is 10.1 Å². The van der Waals surface area contributed by atoms with Crippen molar-refractivity contribution in [1.82, 2.24) is 0 Å². The maximum Gasteiger partial charge on any atom is 0.162 e. The van der Waals surface area contributed by atoms with Gasteiger partial charge in [-0.1, -0.05) is 23.2 Å². The summed E-state index contributed by atoms with van der Waals surface area (Å²) < 4.78 is 6.08. The van der Waals surface area contributed by atoms with Crippen molar-refractivity contribution in [2.24, 2.45) is 0 Å². The molecule has 2 N–H and O–H groups in total. The average Bonchev–Trinajstić information content (AvgIpc) is 2.41. The number of aromatic hydroxyl groups is 1. The molecule has 6 heteroatoms. The van der Waals surface area contributed by atoms with E-state index in [0.29, 0.717) is 27.9 Å². The summed E-state index contributed by atoms with van der Waals surface area (Å²) in [6.45, 7) is 0.431. The van der Waals surface area contributed by atoms with Gasteiger partial charge in [-0.25, -0.2) is 0 Å². The van der Waals surface area contributed by atoms with Gasteiger partial charge in [0.15, 0.2) is 11.5 Å². The Morgan fingerprint density at radius 2 is 1.95 bits per heavy atom. The van der Waals surface area contributed by atoms with E-state index in [1.165, 1.54) is 7.11 Å². The van der Waals surface area contributed by atoms with Crippen LogP contribution in [-0.4, -0.2) is 12.2 Å². The zero-order valence-corrected chi connectivity index (χ0v) is 14.3. The number of phenols is 1. The van der Waals surface area contributed by atoms with Crippen molar-refractivity contribution in [1.29, 1.82) is 0 Å². The molecule has 0 unspecified atom stereocenters. The van der Waals surface area contributed by atoms with Crippen molar-refractivity contribution in [2.75, 3.05) is 12.4 Å². The number of anilines is 1. The maximum atomic E-state index is 10.1. The van der Waals surface area contributed by atoms with Gasteiger partial charge >= 0.3 is 0 Å². The molecule has 3 nitrogen and oxygen atoms in total. The van der Waals surface area contributed by atoms with Crippen LogP contribution >= 0.6 is 45.8 Å². The van der Waals surface area contributed by atoms with Crippen molar-refractivity contribution >= 4 is 51.5 Å². The Balaban J connectivity index is 2.20. The van der Waals surface area contributed by atoms with Gasteiger partial charge in [0.05, 0.1) is 7.11 Å². The lowest BCUT2D eigenvalue weighted by molar-refractivity contribution is 0.371. The number of hydrogen-bond donors (Lipinski definition) is 2. The molecule has 0 aromatic heterocycles. The van der Waals surface area contributed by atoms with E-state index in [4.69, 9.17) is 27.9 Å². The second-order valence-electron chi connectivity index (χ2n) is 4.09. The van der Waals surface area contributed by atoms with E-state index >= 15 is 0 Å². The molecule has 0 aliphatic carbocycles. The lowest BCUT2D eigenvalue weighted by atomic mass is 10.1. The molecule has 106 valence electrons. The fourth-order valence-electron chi connectivity index (χ4n) is 1.74. The SMILES string of the molecule is COc1cc(Cl)cc(CNc2ccc(Cl)cc2I)c1O. The average molecular weight is 424 g/mol. The van der Waals surface area contributed by atoms with Crippen LogP contribution in [0.3, 0.4) is 0 Å². The van der Waals surface area contributed by atoms with E-state index in [0.717, 1.165) is 9.26 Å². The van der Waals surface area contributed by atoms with Crippen molar-refractivity contribution in [3.63, 3.8) is 0 Å². The second kappa shape index (κ2) is 6.74. The van der Waals surface area contributed by atoms with Crippen molar-refractivity contribution in [3.05, 3.63) is 49.5 Å². The summed E-state index contributed by atoms with van der Waals surface area (Å²) in [5.41, 5.74) is 1.61. The largest absolute Gasteiger partial charge is 0.504 e. The van der Waals surface area contributed by atoms with E-state index < -0.39 is 0 Å². The first-order chi connectivity index (χ1) is 9.51. The molecule has 0 bridgehead atoms. The minimum Gasteiger partial charge on any atom is -0.504 e. The highest BCUT2D eigenvalue weighted by molar-refractivity contribution is 14.1. The van der Waals surface area contributed by atoms with Crippen LogP contribution in [0.15, 0.2) is 30.3 Å². The topological polar surface area (TPSA) is 41.5 Å². The summed E-state index contributed by atoms with van der Waals surface area (Å²) in [6, 6.07) is 8.85. The quantitative estimate of drug-likeness (QED) is 0.685. The first-order valence-electron chi connectivity index (χ1n) is 5.75. The number of rotatable bonds is 4. The monoisotopic (exact) mass is 423 g/mol. The molecular formula is C14H12Cl2INO2. The lowest BCUT2D eigenvalue weighted by Crippen LogP contribution is -2.02. The molecule has 0 aliphatic heterocycles. The number of nitrogens with one attached hydrogen (secondary N) is 1. The summed E-state index contributed by atoms with van der Waals surface area (Å²) in [4.78, 5) is 0. The van der Waals surface area contributed by atoms with Crippen molar-refractivity contribution in [3.8, 4) is 11.5 Å². The smallest absolute Gasteiger partial charge is 0.162 e. The highest BCUT2D eigenvalue weighted by Crippen LogP contribution is 2.34. The van der Waals surface area contributed by atoms with Crippen LogP contribution in [0.2, 0.25) is 10.0 Å². The van der Waals surface area contributed by atoms with Gasteiger partial charge in [0.1, 0.15) is 0 Å². The van der Waals surface area contributed by atoms with Gasteiger partial charge < -0.3 is 15.2 Å². The van der Waals surface area contributed by atoms with Gasteiger partial charge in [0.2, 0.25) is 0 Å². The summed E-state index contributed by atoms with van der Waals surface area (Å²) in [5, 5.41) is 14.5. The van der Waals surface area contributed by atoms with Crippen LogP contribution in [0.5, 0.6) is 11.5 Å². The molecule has 0 saturated carbocycles. The molecule has 2 aromatic carbocycles. The zero-order valence-electron chi connectivity index (χ0n) is 10.6. The van der Waals surface area contributed by atoms with Gasteiger partial charge in [0, 0.05) is 37.5 Å². The summed E-state index contributed by atoms with van der Waals surface area (Å²) >= 11 is 14.1. The third-order valence-corrected chi connectivity index (χ3v) is 4.08. The van der Waals surface area contributed by atoms with Gasteiger partial charge in [-0.3, -0.25) is 0 Å². The summed E-state index contributed by atoms with van der Waals surface area (Å²) in [5.74, 6) is 0.452. The fraction of sp³-hybridized carbons (Fsp3) is 0.143. The molecular weight excluding hydrogens is 412 g/mol. The lowest BCUT2D eigenvalue weighted by Gasteiger charge is -2.12. The van der Waals surface area contributed by atoms with E-state index in [2.05, 4.69) is 27.9 Å². The Morgan fingerprint density at radius 3 is 2.60 bits per heavy atom. The molecule has 0 spiro atoms. The van der Waals surface area contributed by atoms with Crippen LogP contribution in [0.25, 0.3) is 0 Å². The highest BCUT2D eigenvalue weighted by Gasteiger charge is 2.10. The normalized spacial score (nSPS) is 10.4. The number of ether oxygens (including phenoxy) is 1. The van der Waals surface area contributed by atoms with Crippen LogP contribution in [-0.2, 0) is 6.54 Å². The molecule has 0 amide bonds. The number of phenolic OH excluding ortho intramolecular Hbond substituents is 1. The molecule has 0 fully saturated rings. The number of hydrogen-bond acceptors (Lipinski definition) is 3. The maximum absolute atomic E-state index is 10.1. The van der Waals surface area contributed by atoms with Crippen LogP contribution in [0.1, 0.15) is 5.56 Å². The minimum atomic E-state index is 0.0911. The predicted molar refractivity (Wildman–Crippen MR) is 91.2 cm³/mol. The molecule has 0 radical (unpaired) electrons. The van der Waals surface area contributed by atoms with Crippen LogP contribution in [0.4, 0.5) is 5.69 Å². The molecule has 20 heavy (non-hydrogen) atoms. The Labute approximate surface area is 141 Å². The minimum absolute atomic E-state index is 0.0911. The first-order valence-corrected chi connectivity index (χ1v) is 7.59. The van der Waals surface area contributed by atoms with Crippen molar-refractivity contribution < 1.29 is 9.84 Å². The molecule has 0 aliphatic rings. The standard InChI is InChI=1S/C14H12Cl2INO2/c1-20-13-6-10(16)4-8(14(13)19)7-18-12-3-2-9(15)5-11(12)17/h2-6,18-19H,7H2,1H3. The second-order valence-corrected chi connectivity index (χ2v) is 6.13. The Kier molecular flexibility index (Phi) is 5.23. The number of methoxy groups -OCH3 is 1. The van der Waals surface area contributed by atoms with E-state index in [9.17, 15) is 5.11 Å². The molecule has 0 heterocycles. The third kappa shape index (κ3) is 3.62. The molecule has 2 rings (SSSR count). The molecule has 0 saturated heterocycles. The van der Waals surface area contributed by atoms with E-state index in [-0.39, 0.29) is 5.75 Å². The van der Waals surface area contributed by atoms with Gasteiger partial charge in [-0.2, -0.15) is 0 Å². The van der Waals surface area contributed by atoms with E-state index in [1.807, 2.05) is 18.2 Å². The van der Waals surface area contributed by atoms with Crippen molar-refractivity contribution in [2.45, 2.75) is 6.54 Å². The summed E-state index contributed by atoms with van der Waals surface area (Å²) in [6.07, 6.45) is 0. The summed E-state index contributed by atoms with van der Waals surface area (Å²) in [7, 11) is 1.49.